The van der Waals surface area contributed by atoms with Gasteiger partial charge in [0, 0.05) is 72.9 Å². The zero-order chi connectivity index (χ0) is 53.6. The van der Waals surface area contributed by atoms with Crippen LogP contribution in [0.25, 0.3) is 11.1 Å². The van der Waals surface area contributed by atoms with Gasteiger partial charge in [-0.2, -0.15) is 13.2 Å². The van der Waals surface area contributed by atoms with Crippen molar-refractivity contribution in [1.82, 2.24) is 0 Å². The monoisotopic (exact) mass is 1030 g/mol. The van der Waals surface area contributed by atoms with E-state index in [0.717, 1.165) is 91.8 Å². The minimum atomic E-state index is -4.55. The van der Waals surface area contributed by atoms with Crippen LogP contribution in [0.5, 0.6) is 0 Å². The Bertz CT molecular complexity index is 3170. The standard InChI is InChI=1S/C39H34F3N3O2.C26H29N3O/c40-39(41,42)35-18-10-9-16-33(35)32-15-7-8-17-34(32)37(46)43-30-19-21-31(22-20-30)45-25-23-28(24-26-45)36(27-11-3-1-4-12-27)38(47)44-29-13-5-2-6-14-29;1-27-22-12-14-24(15-13-22)29-18-16-21(17-19-29)25(20-8-4-2-5-9-20)26(30)28-23-10-6-3-7-11-23/h1-22,28,36H,23-26H2,(H,43,46)(H,44,47);2-15,21,25,27H,16-19H2,1H3,(H,28,30). The second kappa shape index (κ2) is 25.3. The first-order valence-corrected chi connectivity index (χ1v) is 26.3. The van der Waals surface area contributed by atoms with Crippen LogP contribution in [0.15, 0.2) is 218 Å². The Morgan fingerprint density at radius 3 is 1.22 bits per heavy atom. The molecule has 2 fully saturated rings. The number of hydrogen-bond acceptors (Lipinski definition) is 6. The van der Waals surface area contributed by atoms with E-state index in [1.54, 1.807) is 24.3 Å². The lowest BCUT2D eigenvalue weighted by Gasteiger charge is -2.37. The summed E-state index contributed by atoms with van der Waals surface area (Å²) in [5.74, 6) is -0.342. The summed E-state index contributed by atoms with van der Waals surface area (Å²) in [6.07, 6.45) is -0.903. The molecular weight excluding hydrogens is 970 g/mol. The van der Waals surface area contributed by atoms with Crippen molar-refractivity contribution in [3.05, 3.63) is 241 Å². The third kappa shape index (κ3) is 13.6. The highest BCUT2D eigenvalue weighted by Crippen LogP contribution is 2.40. The van der Waals surface area contributed by atoms with Crippen molar-refractivity contribution >= 4 is 51.8 Å². The van der Waals surface area contributed by atoms with Gasteiger partial charge in [0.25, 0.3) is 5.91 Å². The number of nitrogens with zero attached hydrogens (tertiary/aromatic N) is 2. The maximum atomic E-state index is 13.7. The van der Waals surface area contributed by atoms with E-state index in [2.05, 4.69) is 67.5 Å². The third-order valence-corrected chi connectivity index (χ3v) is 14.7. The first-order valence-electron chi connectivity index (χ1n) is 26.3. The lowest BCUT2D eigenvalue weighted by atomic mass is 9.79. The fourth-order valence-electron chi connectivity index (χ4n) is 10.7. The summed E-state index contributed by atoms with van der Waals surface area (Å²) in [6.45, 7) is 3.46. The Balaban J connectivity index is 0.000000207. The molecule has 2 saturated heterocycles. The molecule has 0 saturated carbocycles. The number of hydrogen-bond donors (Lipinski definition) is 4. The van der Waals surface area contributed by atoms with E-state index < -0.39 is 17.6 Å². The van der Waals surface area contributed by atoms with E-state index in [-0.39, 0.29) is 46.3 Å². The van der Waals surface area contributed by atoms with E-state index in [1.165, 1.54) is 36.0 Å². The highest BCUT2D eigenvalue weighted by Gasteiger charge is 2.36. The molecule has 0 aromatic heterocycles. The average molecular weight is 1030 g/mol. The van der Waals surface area contributed by atoms with E-state index >= 15 is 0 Å². The number of para-hydroxylation sites is 2. The number of piperidine rings is 2. The summed E-state index contributed by atoms with van der Waals surface area (Å²) in [6, 6.07) is 67.0. The van der Waals surface area contributed by atoms with Crippen molar-refractivity contribution in [3.8, 4) is 11.1 Å². The molecule has 2 aliphatic heterocycles. The number of alkyl halides is 3. The predicted octanol–water partition coefficient (Wildman–Crippen LogP) is 14.6. The molecule has 8 aromatic rings. The Morgan fingerprint density at radius 1 is 0.429 bits per heavy atom. The molecular formula is C65H63F3N6O3. The van der Waals surface area contributed by atoms with Gasteiger partial charge in [0.2, 0.25) is 11.8 Å². The van der Waals surface area contributed by atoms with E-state index in [1.807, 2.05) is 128 Å². The Hall–Kier alpha value is -8.64. The van der Waals surface area contributed by atoms with Crippen molar-refractivity contribution in [1.29, 1.82) is 0 Å². The Labute approximate surface area is 449 Å². The predicted molar refractivity (Wildman–Crippen MR) is 306 cm³/mol. The van der Waals surface area contributed by atoms with Gasteiger partial charge in [0.15, 0.2) is 0 Å². The largest absolute Gasteiger partial charge is 0.417 e. The maximum Gasteiger partial charge on any atom is 0.417 e. The Morgan fingerprint density at radius 2 is 0.792 bits per heavy atom. The number of carbonyl (C=O) groups is 3. The number of anilines is 6. The van der Waals surface area contributed by atoms with Crippen molar-refractivity contribution in [2.45, 2.75) is 43.7 Å². The zero-order valence-electron chi connectivity index (χ0n) is 43.0. The van der Waals surface area contributed by atoms with Crippen molar-refractivity contribution < 1.29 is 27.6 Å². The third-order valence-electron chi connectivity index (χ3n) is 14.7. The summed E-state index contributed by atoms with van der Waals surface area (Å²) in [7, 11) is 1.94. The first-order chi connectivity index (χ1) is 37.5. The molecule has 8 aromatic carbocycles. The van der Waals surface area contributed by atoms with E-state index in [9.17, 15) is 27.6 Å². The summed E-state index contributed by atoms with van der Waals surface area (Å²) in [5.41, 5.74) is 7.15. The van der Waals surface area contributed by atoms with Gasteiger partial charge >= 0.3 is 6.18 Å². The molecule has 2 atom stereocenters. The van der Waals surface area contributed by atoms with Crippen LogP contribution >= 0.6 is 0 Å². The maximum absolute atomic E-state index is 13.7. The van der Waals surface area contributed by atoms with Gasteiger partial charge in [0.1, 0.15) is 0 Å². The molecule has 10 rings (SSSR count). The molecule has 2 heterocycles. The molecule has 2 unspecified atom stereocenters. The van der Waals surface area contributed by atoms with Gasteiger partial charge in [-0.05, 0) is 145 Å². The average Bonchev–Trinajstić information content (AvgIpc) is 3.48. The summed E-state index contributed by atoms with van der Waals surface area (Å²) in [5, 5.41) is 12.2. The van der Waals surface area contributed by atoms with Crippen LogP contribution in [-0.2, 0) is 15.8 Å². The van der Waals surface area contributed by atoms with E-state index in [4.69, 9.17) is 0 Å². The SMILES string of the molecule is CNc1ccc(N2CCC(C(C(=O)Nc3ccccc3)c3ccccc3)CC2)cc1.O=C(Nc1ccc(N2CCC(C(C(=O)Nc3ccccc3)c3ccccc3)CC2)cc1)c1ccccc1-c1ccccc1C(F)(F)F. The van der Waals surface area contributed by atoms with Crippen LogP contribution < -0.4 is 31.1 Å². The number of rotatable bonds is 14. The van der Waals surface area contributed by atoms with Crippen molar-refractivity contribution in [3.63, 3.8) is 0 Å². The summed E-state index contributed by atoms with van der Waals surface area (Å²) in [4.78, 5) is 44.8. The molecule has 0 spiro atoms. The van der Waals surface area contributed by atoms with Gasteiger partial charge in [-0.25, -0.2) is 0 Å². The number of carbonyl (C=O) groups excluding carboxylic acids is 3. The number of amides is 3. The van der Waals surface area contributed by atoms with Gasteiger partial charge in [0.05, 0.1) is 17.4 Å². The van der Waals surface area contributed by atoms with Gasteiger partial charge in [-0.1, -0.05) is 133 Å². The van der Waals surface area contributed by atoms with Crippen LogP contribution in [0, 0.1) is 11.8 Å². The normalized spacial score (nSPS) is 14.8. The molecule has 3 amide bonds. The molecule has 0 bridgehead atoms. The number of halogens is 3. The molecule has 77 heavy (non-hydrogen) atoms. The smallest absolute Gasteiger partial charge is 0.388 e. The highest BCUT2D eigenvalue weighted by molar-refractivity contribution is 6.09. The lowest BCUT2D eigenvalue weighted by molar-refractivity contribution is -0.137. The van der Waals surface area contributed by atoms with E-state index in [0.29, 0.717) is 11.6 Å². The quantitative estimate of drug-likeness (QED) is 0.0865. The minimum Gasteiger partial charge on any atom is -0.388 e. The second-order valence-corrected chi connectivity index (χ2v) is 19.5. The zero-order valence-corrected chi connectivity index (χ0v) is 43.0. The Kier molecular flexibility index (Phi) is 17.5. The topological polar surface area (TPSA) is 106 Å². The van der Waals surface area contributed by atoms with Gasteiger partial charge in [-0.15, -0.1) is 0 Å². The van der Waals surface area contributed by atoms with Crippen LogP contribution in [0.3, 0.4) is 0 Å². The minimum absolute atomic E-state index is 0.00980. The fraction of sp³-hybridized carbons (Fsp3) is 0.215. The van der Waals surface area contributed by atoms with Crippen molar-refractivity contribution in [2.24, 2.45) is 11.8 Å². The highest BCUT2D eigenvalue weighted by atomic mass is 19.4. The molecule has 12 heteroatoms. The summed E-state index contributed by atoms with van der Waals surface area (Å²) >= 11 is 0. The summed E-state index contributed by atoms with van der Waals surface area (Å²) < 4.78 is 41.2. The van der Waals surface area contributed by atoms with Crippen molar-refractivity contribution in [2.75, 3.05) is 64.3 Å². The number of benzene rings is 8. The van der Waals surface area contributed by atoms with Crippen LogP contribution in [0.4, 0.5) is 47.3 Å². The first kappa shape index (κ1) is 53.2. The van der Waals surface area contributed by atoms with Gasteiger partial charge < -0.3 is 31.1 Å². The van der Waals surface area contributed by atoms with Gasteiger partial charge in [-0.3, -0.25) is 14.4 Å². The van der Waals surface area contributed by atoms with Crippen LogP contribution in [0.2, 0.25) is 0 Å². The molecule has 0 radical (unpaired) electrons. The molecule has 9 nitrogen and oxygen atoms in total. The fourth-order valence-corrected chi connectivity index (χ4v) is 10.7. The number of nitrogens with one attached hydrogen (secondary N) is 4. The molecule has 4 N–H and O–H groups in total. The van der Waals surface area contributed by atoms with Crippen LogP contribution in [0.1, 0.15) is 64.6 Å². The second-order valence-electron chi connectivity index (χ2n) is 19.5. The lowest BCUT2D eigenvalue weighted by Crippen LogP contribution is -2.38. The molecule has 2 aliphatic rings. The molecule has 392 valence electrons. The van der Waals surface area contributed by atoms with Crippen LogP contribution in [-0.4, -0.2) is 50.9 Å². The molecule has 0 aliphatic carbocycles.